The quantitative estimate of drug-likeness (QED) is 0.198. The first-order valence-electron chi connectivity index (χ1n) is 11.9. The molecule has 0 saturated carbocycles. The molecule has 2 N–H and O–H groups in total. The van der Waals surface area contributed by atoms with Gasteiger partial charge in [0.05, 0.1) is 23.5 Å². The zero-order valence-electron chi connectivity index (χ0n) is 27.2. The second kappa shape index (κ2) is 34.3. The Kier molecular flexibility index (Phi) is 45.2. The monoisotopic (exact) mass is 754 g/mol. The number of carboxylic acid groups (broad SMARTS) is 4. The molecule has 4 rings (SSSR count). The Balaban J connectivity index is -0.0000000865. The summed E-state index contributed by atoms with van der Waals surface area (Å²) in [5.74, 6) is -4.25. The molecule has 15 heteroatoms. The SMILES string of the molecule is Cc1ccc(C(=O)O)cc1.Cc1ccc(C(=O)[O-])cc1.Cc1ccc(C(=O)[O-])cc1.Cc1ccc(C(=O)[O-])cc1.[Ca+2].[Ca+2].[Cl-].[Cl-].[Na+].[Na+].[OH-]. The first-order chi connectivity index (χ1) is 18.8. The van der Waals surface area contributed by atoms with Gasteiger partial charge in [0, 0.05) is 0 Å². The molecule has 47 heavy (non-hydrogen) atoms. The van der Waals surface area contributed by atoms with Crippen LogP contribution in [0.25, 0.3) is 0 Å². The molecule has 0 spiro atoms. The van der Waals surface area contributed by atoms with Gasteiger partial charge in [-0.15, -0.1) is 0 Å². The third-order valence-corrected chi connectivity index (χ3v) is 5.16. The molecule has 0 radical (unpaired) electrons. The number of aryl methyl sites for hydroxylation is 4. The Labute approximate surface area is 391 Å². The van der Waals surface area contributed by atoms with Crippen LogP contribution in [-0.2, 0) is 0 Å². The molecule has 0 unspecified atom stereocenters. The molecule has 0 atom stereocenters. The second-order valence-corrected chi connectivity index (χ2v) is 8.63. The number of carbonyl (C=O) groups excluding carboxylic acids is 3. The van der Waals surface area contributed by atoms with E-state index in [0.717, 1.165) is 22.3 Å². The molecule has 4 aromatic carbocycles. The summed E-state index contributed by atoms with van der Waals surface area (Å²) in [5.41, 5.74) is 5.23. The number of carbonyl (C=O) groups is 4. The van der Waals surface area contributed by atoms with Crippen molar-refractivity contribution in [3.8, 4) is 0 Å². The van der Waals surface area contributed by atoms with Crippen LogP contribution in [0, 0.1) is 27.7 Å². The average Bonchev–Trinajstić information content (AvgIpc) is 2.91. The van der Waals surface area contributed by atoms with E-state index in [2.05, 4.69) is 0 Å². The van der Waals surface area contributed by atoms with Gasteiger partial charge in [0.15, 0.2) is 0 Å². The van der Waals surface area contributed by atoms with Gasteiger partial charge in [0.1, 0.15) is 0 Å². The van der Waals surface area contributed by atoms with Gasteiger partial charge < -0.3 is 65.1 Å². The van der Waals surface area contributed by atoms with Gasteiger partial charge in [0.25, 0.3) is 0 Å². The van der Waals surface area contributed by atoms with Crippen molar-refractivity contribution < 1.29 is 129 Å². The second-order valence-electron chi connectivity index (χ2n) is 8.63. The molecule has 0 aromatic heterocycles. The molecule has 0 aliphatic heterocycles. The minimum absolute atomic E-state index is 0. The van der Waals surface area contributed by atoms with E-state index in [4.69, 9.17) is 5.11 Å². The van der Waals surface area contributed by atoms with E-state index >= 15 is 0 Å². The minimum atomic E-state index is -1.12. The normalized spacial score (nSPS) is 7.91. The molecule has 9 nitrogen and oxygen atoms in total. The van der Waals surface area contributed by atoms with Crippen LogP contribution in [0.15, 0.2) is 97.1 Å². The van der Waals surface area contributed by atoms with Crippen molar-refractivity contribution in [1.82, 2.24) is 0 Å². The van der Waals surface area contributed by atoms with Crippen molar-refractivity contribution in [2.24, 2.45) is 0 Å². The van der Waals surface area contributed by atoms with Gasteiger partial charge in [-0.3, -0.25) is 0 Å². The van der Waals surface area contributed by atoms with E-state index in [1.165, 1.54) is 36.4 Å². The number of aromatic carboxylic acids is 4. The van der Waals surface area contributed by atoms with Crippen LogP contribution in [0.1, 0.15) is 63.7 Å². The molecule has 232 valence electrons. The molecule has 4 aromatic rings. The van der Waals surface area contributed by atoms with Crippen LogP contribution < -0.4 is 99.2 Å². The average molecular weight is 756 g/mol. The van der Waals surface area contributed by atoms with Crippen molar-refractivity contribution >= 4 is 99.4 Å². The van der Waals surface area contributed by atoms with E-state index in [9.17, 15) is 34.5 Å². The summed E-state index contributed by atoms with van der Waals surface area (Å²) in [5, 5.41) is 39.1. The molecule has 0 bridgehead atoms. The first kappa shape index (κ1) is 62.0. The summed E-state index contributed by atoms with van der Waals surface area (Å²) in [7, 11) is 0. The van der Waals surface area contributed by atoms with Crippen molar-refractivity contribution in [1.29, 1.82) is 0 Å². The number of rotatable bonds is 4. The standard InChI is InChI=1S/4C8H8O2.2Ca.2ClH.2Na.H2O/c4*1-6-2-4-7(5-3-6)8(9)10;;;;;;;/h4*2-5H,1H3,(H,9,10);;;2*1H;;;1H2/q;;;;2*+2;;;2*+1;/p-6. The molecule has 0 aliphatic carbocycles. The minimum Gasteiger partial charge on any atom is -1.00 e. The van der Waals surface area contributed by atoms with Crippen molar-refractivity contribution in [3.63, 3.8) is 0 Å². The molecule has 0 aliphatic rings. The summed E-state index contributed by atoms with van der Waals surface area (Å²) >= 11 is 0. The molecule has 0 fully saturated rings. The number of carboxylic acids is 4. The van der Waals surface area contributed by atoms with Crippen molar-refractivity contribution in [2.75, 3.05) is 0 Å². The fraction of sp³-hybridized carbons (Fsp3) is 0.125. The summed E-state index contributed by atoms with van der Waals surface area (Å²) in [6, 6.07) is 26.4. The number of hydrogen-bond donors (Lipinski definition) is 1. The van der Waals surface area contributed by atoms with E-state index in [1.54, 1.807) is 60.7 Å². The van der Waals surface area contributed by atoms with Gasteiger partial charge in [-0.1, -0.05) is 107 Å². The van der Waals surface area contributed by atoms with Gasteiger partial charge in [-0.05, 0) is 56.5 Å². The van der Waals surface area contributed by atoms with Crippen LogP contribution in [0.5, 0.6) is 0 Å². The topological polar surface area (TPSA) is 188 Å². The summed E-state index contributed by atoms with van der Waals surface area (Å²) in [6.45, 7) is 7.63. The molecular formula is C32H30Ca2Cl2Na2O9. The maximum absolute atomic E-state index is 10.3. The van der Waals surface area contributed by atoms with Crippen LogP contribution in [0.4, 0.5) is 0 Å². The Morgan fingerprint density at radius 2 is 0.574 bits per heavy atom. The summed E-state index contributed by atoms with van der Waals surface area (Å²) in [4.78, 5) is 40.9. The third-order valence-electron chi connectivity index (χ3n) is 5.16. The Morgan fingerprint density at radius 3 is 0.702 bits per heavy atom. The number of benzene rings is 4. The fourth-order valence-corrected chi connectivity index (χ4v) is 2.77. The van der Waals surface area contributed by atoms with Gasteiger partial charge in [0.2, 0.25) is 0 Å². The van der Waals surface area contributed by atoms with E-state index < -0.39 is 23.9 Å². The summed E-state index contributed by atoms with van der Waals surface area (Å²) < 4.78 is 0. The van der Waals surface area contributed by atoms with Crippen LogP contribution in [0.3, 0.4) is 0 Å². The van der Waals surface area contributed by atoms with Crippen molar-refractivity contribution in [2.45, 2.75) is 27.7 Å². The molecule has 0 saturated heterocycles. The first-order valence-corrected chi connectivity index (χ1v) is 11.9. The number of hydrogen-bond acceptors (Lipinski definition) is 8. The van der Waals surface area contributed by atoms with E-state index in [-0.39, 0.29) is 182 Å². The van der Waals surface area contributed by atoms with Crippen LogP contribution in [-0.4, -0.2) is 110 Å². The fourth-order valence-electron chi connectivity index (χ4n) is 2.77. The predicted molar refractivity (Wildman–Crippen MR) is 158 cm³/mol. The zero-order valence-corrected chi connectivity index (χ0v) is 37.1. The Morgan fingerprint density at radius 1 is 0.426 bits per heavy atom. The largest absolute Gasteiger partial charge is 2.00 e. The Hall–Kier alpha value is -0.181. The molecular weight excluding hydrogens is 725 g/mol. The maximum Gasteiger partial charge on any atom is 2.00 e. The zero-order chi connectivity index (χ0) is 30.2. The third kappa shape index (κ3) is 28.2. The van der Waals surface area contributed by atoms with Gasteiger partial charge in [-0.25, -0.2) is 4.79 Å². The predicted octanol–water partition coefficient (Wildman–Crippen LogP) is -10.2. The molecule has 0 amide bonds. The van der Waals surface area contributed by atoms with Gasteiger partial charge in [-0.2, -0.15) is 0 Å². The number of halogens is 2. The summed E-state index contributed by atoms with van der Waals surface area (Å²) in [6.07, 6.45) is 0. The van der Waals surface area contributed by atoms with Crippen LogP contribution >= 0.6 is 0 Å². The van der Waals surface area contributed by atoms with Gasteiger partial charge >= 0.3 is 141 Å². The Bertz CT molecular complexity index is 1200. The smallest absolute Gasteiger partial charge is 1.00 e. The van der Waals surface area contributed by atoms with E-state index in [0.29, 0.717) is 5.56 Å². The van der Waals surface area contributed by atoms with E-state index in [1.807, 2.05) is 27.7 Å². The maximum atomic E-state index is 10.3. The molecule has 0 heterocycles. The van der Waals surface area contributed by atoms with Crippen molar-refractivity contribution in [3.05, 3.63) is 142 Å². The van der Waals surface area contributed by atoms with Crippen LogP contribution in [0.2, 0.25) is 0 Å².